The van der Waals surface area contributed by atoms with Crippen molar-refractivity contribution in [3.63, 3.8) is 0 Å². The number of pyridine rings is 1. The number of hydrogen-bond acceptors (Lipinski definition) is 7. The minimum atomic E-state index is -0.0649. The Hall–Kier alpha value is -2.49. The maximum Gasteiger partial charge on any atom is 0.261 e. The third-order valence-corrected chi connectivity index (χ3v) is 6.83. The molecule has 28 heavy (non-hydrogen) atoms. The van der Waals surface area contributed by atoms with Gasteiger partial charge < -0.3 is 15.1 Å². The molecule has 144 valence electrons. The third-order valence-electron chi connectivity index (χ3n) is 5.05. The van der Waals surface area contributed by atoms with Crippen LogP contribution in [0.4, 0.5) is 5.82 Å². The lowest BCUT2D eigenvalue weighted by Gasteiger charge is -2.33. The Kier molecular flexibility index (Phi) is 4.50. The maximum atomic E-state index is 12.6. The molecule has 1 aliphatic rings. The highest BCUT2D eigenvalue weighted by Crippen LogP contribution is 2.28. The molecule has 1 amide bonds. The SMILES string of the molecule is CN1CCN(c2cc(CNC(=O)c3cc4c(nc5sccn54)s3)ccn2)CC1. The number of hydrogen-bond donors (Lipinski definition) is 1. The molecule has 0 radical (unpaired) electrons. The molecule has 0 bridgehead atoms. The first-order valence-electron chi connectivity index (χ1n) is 9.19. The average molecular weight is 413 g/mol. The van der Waals surface area contributed by atoms with Crippen molar-refractivity contribution in [3.05, 3.63) is 46.4 Å². The lowest BCUT2D eigenvalue weighted by molar-refractivity contribution is 0.0955. The molecule has 7 nitrogen and oxygen atoms in total. The highest BCUT2D eigenvalue weighted by molar-refractivity contribution is 7.21. The van der Waals surface area contributed by atoms with E-state index in [2.05, 4.69) is 38.2 Å². The van der Waals surface area contributed by atoms with Crippen molar-refractivity contribution < 1.29 is 4.79 Å². The summed E-state index contributed by atoms with van der Waals surface area (Å²) in [5, 5.41) is 5.03. The predicted octanol–water partition coefficient (Wildman–Crippen LogP) is 2.69. The van der Waals surface area contributed by atoms with E-state index < -0.39 is 0 Å². The highest BCUT2D eigenvalue weighted by atomic mass is 32.1. The maximum absolute atomic E-state index is 12.6. The second kappa shape index (κ2) is 7.16. The van der Waals surface area contributed by atoms with Crippen molar-refractivity contribution in [3.8, 4) is 0 Å². The first-order valence-corrected chi connectivity index (χ1v) is 10.9. The van der Waals surface area contributed by atoms with E-state index in [-0.39, 0.29) is 5.91 Å². The van der Waals surface area contributed by atoms with E-state index in [1.54, 1.807) is 11.3 Å². The van der Waals surface area contributed by atoms with Crippen LogP contribution < -0.4 is 10.2 Å². The first kappa shape index (κ1) is 17.6. The molecule has 0 saturated carbocycles. The smallest absolute Gasteiger partial charge is 0.261 e. The van der Waals surface area contributed by atoms with Gasteiger partial charge in [-0.2, -0.15) is 0 Å². The fourth-order valence-corrected chi connectivity index (χ4v) is 5.12. The lowest BCUT2D eigenvalue weighted by Crippen LogP contribution is -2.44. The van der Waals surface area contributed by atoms with Gasteiger partial charge in [0.05, 0.1) is 10.4 Å². The van der Waals surface area contributed by atoms with Crippen molar-refractivity contribution >= 4 is 49.7 Å². The number of nitrogens with zero attached hydrogens (tertiary/aromatic N) is 5. The van der Waals surface area contributed by atoms with Gasteiger partial charge in [-0.15, -0.1) is 22.7 Å². The first-order chi connectivity index (χ1) is 13.7. The summed E-state index contributed by atoms with van der Waals surface area (Å²) in [6, 6.07) is 5.95. The van der Waals surface area contributed by atoms with Crippen molar-refractivity contribution in [1.29, 1.82) is 0 Å². The number of thiophene rings is 1. The zero-order valence-corrected chi connectivity index (χ0v) is 17.1. The Bertz CT molecular complexity index is 1140. The molecule has 0 aromatic carbocycles. The number of rotatable bonds is 4. The summed E-state index contributed by atoms with van der Waals surface area (Å²) in [5.74, 6) is 0.917. The number of thiazole rings is 1. The van der Waals surface area contributed by atoms with Gasteiger partial charge in [-0.3, -0.25) is 9.20 Å². The van der Waals surface area contributed by atoms with Gasteiger partial charge in [0.25, 0.3) is 5.91 Å². The average Bonchev–Trinajstić information content (AvgIpc) is 3.39. The van der Waals surface area contributed by atoms with Gasteiger partial charge in [0, 0.05) is 50.5 Å². The summed E-state index contributed by atoms with van der Waals surface area (Å²) < 4.78 is 2.03. The predicted molar refractivity (Wildman–Crippen MR) is 114 cm³/mol. The number of piperazine rings is 1. The molecule has 0 atom stereocenters. The molecule has 9 heteroatoms. The Balaban J connectivity index is 1.27. The number of likely N-dealkylation sites (N-methyl/N-ethyl adjacent to an activating group) is 1. The van der Waals surface area contributed by atoms with Crippen molar-refractivity contribution in [2.75, 3.05) is 38.1 Å². The number of carbonyl (C=O) groups is 1. The quantitative estimate of drug-likeness (QED) is 0.558. The second-order valence-corrected chi connectivity index (χ2v) is 8.87. The number of imidazole rings is 1. The van der Waals surface area contributed by atoms with Crippen LogP contribution in [-0.4, -0.2) is 58.4 Å². The van der Waals surface area contributed by atoms with Gasteiger partial charge >= 0.3 is 0 Å². The molecule has 1 N–H and O–H groups in total. The van der Waals surface area contributed by atoms with Crippen molar-refractivity contribution in [1.82, 2.24) is 24.6 Å². The van der Waals surface area contributed by atoms with Gasteiger partial charge in [-0.25, -0.2) is 9.97 Å². The molecule has 4 aromatic heterocycles. The van der Waals surface area contributed by atoms with Gasteiger partial charge in [-0.05, 0) is 30.8 Å². The van der Waals surface area contributed by atoms with E-state index >= 15 is 0 Å². The van der Waals surface area contributed by atoms with Crippen molar-refractivity contribution in [2.24, 2.45) is 0 Å². The van der Waals surface area contributed by atoms with Gasteiger partial charge in [-0.1, -0.05) is 0 Å². The second-order valence-electron chi connectivity index (χ2n) is 6.96. The summed E-state index contributed by atoms with van der Waals surface area (Å²) in [4.78, 5) is 28.9. The summed E-state index contributed by atoms with van der Waals surface area (Å²) >= 11 is 3.03. The molecule has 5 rings (SSSR count). The van der Waals surface area contributed by atoms with E-state index in [9.17, 15) is 4.79 Å². The fraction of sp³-hybridized carbons (Fsp3) is 0.316. The number of nitrogens with one attached hydrogen (secondary N) is 1. The molecule has 0 aliphatic carbocycles. The Morgan fingerprint density at radius 2 is 2.11 bits per heavy atom. The molecule has 1 fully saturated rings. The van der Waals surface area contributed by atoms with E-state index in [4.69, 9.17) is 0 Å². The van der Waals surface area contributed by atoms with Gasteiger partial charge in [0.1, 0.15) is 10.6 Å². The Labute approximate surface area is 170 Å². The van der Waals surface area contributed by atoms with Crippen LogP contribution in [0.2, 0.25) is 0 Å². The number of carbonyl (C=O) groups excluding carboxylic acids is 1. The van der Waals surface area contributed by atoms with Gasteiger partial charge in [0.15, 0.2) is 4.96 Å². The fourth-order valence-electron chi connectivity index (χ4n) is 3.41. The largest absolute Gasteiger partial charge is 0.354 e. The van der Waals surface area contributed by atoms with Crippen LogP contribution >= 0.6 is 22.7 Å². The van der Waals surface area contributed by atoms with Crippen LogP contribution in [-0.2, 0) is 6.54 Å². The van der Waals surface area contributed by atoms with Crippen LogP contribution in [0.5, 0.6) is 0 Å². The Morgan fingerprint density at radius 3 is 2.96 bits per heavy atom. The summed E-state index contributed by atoms with van der Waals surface area (Å²) in [6.45, 7) is 4.53. The van der Waals surface area contributed by atoms with Crippen LogP contribution in [0, 0.1) is 0 Å². The third kappa shape index (κ3) is 3.25. The summed E-state index contributed by atoms with van der Waals surface area (Å²) in [5.41, 5.74) is 2.05. The lowest BCUT2D eigenvalue weighted by atomic mass is 10.2. The Morgan fingerprint density at radius 1 is 1.25 bits per heavy atom. The normalized spacial score (nSPS) is 15.5. The van der Waals surface area contributed by atoms with Crippen LogP contribution in [0.3, 0.4) is 0 Å². The number of aromatic nitrogens is 3. The highest BCUT2D eigenvalue weighted by Gasteiger charge is 2.17. The van der Waals surface area contributed by atoms with Gasteiger partial charge in [0.2, 0.25) is 0 Å². The number of anilines is 1. The topological polar surface area (TPSA) is 65.8 Å². The molecule has 1 saturated heterocycles. The molecule has 5 heterocycles. The number of amides is 1. The molecule has 0 spiro atoms. The summed E-state index contributed by atoms with van der Waals surface area (Å²) in [7, 11) is 2.14. The molecular formula is C19H20N6OS2. The minimum absolute atomic E-state index is 0.0649. The van der Waals surface area contributed by atoms with Crippen LogP contribution in [0.15, 0.2) is 36.0 Å². The molecule has 0 unspecified atom stereocenters. The van der Waals surface area contributed by atoms with E-state index in [0.717, 1.165) is 52.9 Å². The zero-order valence-electron chi connectivity index (χ0n) is 15.5. The van der Waals surface area contributed by atoms with Crippen molar-refractivity contribution in [2.45, 2.75) is 6.54 Å². The van der Waals surface area contributed by atoms with E-state index in [1.807, 2.05) is 34.3 Å². The van der Waals surface area contributed by atoms with E-state index in [1.165, 1.54) is 11.3 Å². The molecule has 4 aromatic rings. The van der Waals surface area contributed by atoms with E-state index in [0.29, 0.717) is 11.4 Å². The van der Waals surface area contributed by atoms with Crippen LogP contribution in [0.25, 0.3) is 15.3 Å². The molecular weight excluding hydrogens is 392 g/mol. The minimum Gasteiger partial charge on any atom is -0.354 e. The zero-order chi connectivity index (χ0) is 19.1. The molecule has 1 aliphatic heterocycles. The van der Waals surface area contributed by atoms with Crippen LogP contribution in [0.1, 0.15) is 15.2 Å². The number of fused-ring (bicyclic) bond motifs is 3. The summed E-state index contributed by atoms with van der Waals surface area (Å²) in [6.07, 6.45) is 3.81. The standard InChI is InChI=1S/C19H20N6OS2/c1-23-4-6-24(7-5-23)16-10-13(2-3-20-16)12-21-17(26)15-11-14-18(28-15)22-19-25(14)8-9-27-19/h2-3,8-11H,4-7,12H2,1H3,(H,21,26). The monoisotopic (exact) mass is 412 g/mol.